The van der Waals surface area contributed by atoms with Gasteiger partial charge in [-0.15, -0.1) is 11.5 Å². The highest BCUT2D eigenvalue weighted by Crippen LogP contribution is 2.43. The molecule has 3 aliphatic heterocycles. The van der Waals surface area contributed by atoms with Gasteiger partial charge in [-0.1, -0.05) is 72.8 Å². The highest BCUT2D eigenvalue weighted by atomic mass is 35.5. The van der Waals surface area contributed by atoms with Crippen molar-refractivity contribution in [2.75, 3.05) is 0 Å². The first-order chi connectivity index (χ1) is 23.7. The lowest BCUT2D eigenvalue weighted by molar-refractivity contribution is 0.938. The molecule has 48 heavy (non-hydrogen) atoms. The standard InChI is InChI=1S/C40H20BClN6/c42-41-47-37-31-15-23-9-3-5-11-25(23)17-33(31)39(47)46-40-34-18-26-12-6-4-10-24(26)16-32(34)38(48(40)41)45-36-30-20-28-14-22-8-2-1-7-21(22)13-27(28)19-29(30)35(43-36)44-37/h1-20H. The van der Waals surface area contributed by atoms with E-state index in [-0.39, 0.29) is 0 Å². The zero-order valence-electron chi connectivity index (χ0n) is 25.2. The van der Waals surface area contributed by atoms with Crippen LogP contribution in [0.1, 0.15) is 11.1 Å². The Morgan fingerprint density at radius 3 is 1.33 bits per heavy atom. The van der Waals surface area contributed by atoms with Crippen LogP contribution in [-0.4, -0.2) is 27.0 Å². The van der Waals surface area contributed by atoms with Crippen LogP contribution in [0.5, 0.6) is 0 Å². The van der Waals surface area contributed by atoms with Gasteiger partial charge in [0.2, 0.25) is 0 Å². The maximum atomic E-state index is 7.60. The molecule has 3 aliphatic rings. The molecule has 0 atom stereocenters. The van der Waals surface area contributed by atoms with E-state index in [0.717, 1.165) is 87.6 Å². The fourth-order valence-corrected chi connectivity index (χ4v) is 8.34. The second-order valence-corrected chi connectivity index (χ2v) is 13.3. The van der Waals surface area contributed by atoms with Crippen molar-refractivity contribution < 1.29 is 0 Å². The van der Waals surface area contributed by atoms with Crippen LogP contribution in [-0.2, 0) is 0 Å². The lowest BCUT2D eigenvalue weighted by atomic mass is 9.98. The van der Waals surface area contributed by atoms with Crippen LogP contribution in [0.25, 0.3) is 64.6 Å². The molecule has 0 fully saturated rings. The van der Waals surface area contributed by atoms with Crippen LogP contribution >= 0.6 is 11.5 Å². The maximum absolute atomic E-state index is 7.60. The van der Waals surface area contributed by atoms with Crippen molar-refractivity contribution in [1.82, 2.24) is 8.96 Å². The summed E-state index contributed by atoms with van der Waals surface area (Å²) < 4.78 is 4.10. The molecule has 0 unspecified atom stereocenters. The Hall–Kier alpha value is -6.05. The topological polar surface area (TPSA) is 59.3 Å². The van der Waals surface area contributed by atoms with Gasteiger partial charge in [-0.25, -0.2) is 20.0 Å². The van der Waals surface area contributed by atoms with Gasteiger partial charge in [0.05, 0.1) is 0 Å². The zero-order chi connectivity index (χ0) is 31.2. The van der Waals surface area contributed by atoms with Gasteiger partial charge in [0, 0.05) is 32.7 Å². The Morgan fingerprint density at radius 1 is 0.396 bits per heavy atom. The summed E-state index contributed by atoms with van der Waals surface area (Å²) in [6, 6.07) is 43.0. The molecule has 5 heterocycles. The summed E-state index contributed by atoms with van der Waals surface area (Å²) in [5, 5.41) is 13.2. The number of hydrogen-bond donors (Lipinski definition) is 0. The maximum Gasteiger partial charge on any atom is 0.499 e. The zero-order valence-corrected chi connectivity index (χ0v) is 25.9. The van der Waals surface area contributed by atoms with E-state index in [9.17, 15) is 0 Å². The molecule has 0 saturated carbocycles. The van der Waals surface area contributed by atoms with Gasteiger partial charge in [-0.2, -0.15) is 0 Å². The van der Waals surface area contributed by atoms with E-state index in [2.05, 4.69) is 130 Å². The van der Waals surface area contributed by atoms with Crippen LogP contribution in [0.15, 0.2) is 141 Å². The molecule has 0 amide bonds. The molecule has 0 saturated heterocycles. The minimum atomic E-state index is -0.651. The molecular formula is C40H20BClN6. The van der Waals surface area contributed by atoms with E-state index in [0.29, 0.717) is 11.7 Å². The summed E-state index contributed by atoms with van der Waals surface area (Å²) in [6.45, 7) is 0. The normalized spacial score (nSPS) is 14.5. The van der Waals surface area contributed by atoms with Gasteiger partial charge in [0.1, 0.15) is 22.6 Å². The highest BCUT2D eigenvalue weighted by molar-refractivity contribution is 7.05. The number of amidine groups is 2. The molecule has 0 spiro atoms. The summed E-state index contributed by atoms with van der Waals surface area (Å²) in [5.74, 6) is 2.77. The summed E-state index contributed by atoms with van der Waals surface area (Å²) in [4.78, 5) is 21.3. The van der Waals surface area contributed by atoms with Crippen LogP contribution in [0.4, 0.5) is 11.6 Å². The van der Waals surface area contributed by atoms with Gasteiger partial charge < -0.3 is 8.96 Å². The molecule has 9 aromatic rings. The molecular weight excluding hydrogens is 611 g/mol. The largest absolute Gasteiger partial charge is 0.499 e. The van der Waals surface area contributed by atoms with Crippen LogP contribution in [0.3, 0.4) is 0 Å². The predicted molar refractivity (Wildman–Crippen MR) is 197 cm³/mol. The number of fused-ring (bicyclic) bond motifs is 14. The molecule has 0 radical (unpaired) electrons. The minimum Gasteiger partial charge on any atom is -0.319 e. The second-order valence-electron chi connectivity index (χ2n) is 12.9. The third-order valence-electron chi connectivity index (χ3n) is 10.2. The van der Waals surface area contributed by atoms with Gasteiger partial charge in [-0.3, -0.25) is 0 Å². The van der Waals surface area contributed by atoms with Crippen LogP contribution in [0, 0.1) is 0 Å². The quantitative estimate of drug-likeness (QED) is 0.119. The number of aromatic nitrogens is 2. The lowest BCUT2D eigenvalue weighted by Gasteiger charge is -2.18. The fourth-order valence-electron chi connectivity index (χ4n) is 7.97. The first-order valence-corrected chi connectivity index (χ1v) is 16.5. The molecule has 7 aromatic carbocycles. The monoisotopic (exact) mass is 630 g/mol. The SMILES string of the molecule is ClB1n2c3c4cc5ccccc5cc4c2N=c2c4cc5ccccc5cc4c(n21)=NC1=NC(=N3)c2cc3cc4ccccc4cc3cc21. The fraction of sp³-hybridized carbons (Fsp3) is 0. The van der Waals surface area contributed by atoms with E-state index < -0.39 is 6.40 Å². The average Bonchev–Trinajstić information content (AvgIpc) is 3.72. The van der Waals surface area contributed by atoms with Crippen molar-refractivity contribution in [2.45, 2.75) is 0 Å². The Labute approximate surface area is 277 Å². The molecule has 2 aromatic heterocycles. The molecule has 8 heteroatoms. The molecule has 0 N–H and O–H groups in total. The molecule has 220 valence electrons. The first kappa shape index (κ1) is 25.1. The molecule has 0 aliphatic carbocycles. The number of hydrogen-bond acceptors (Lipinski definition) is 4. The van der Waals surface area contributed by atoms with E-state index in [1.54, 1.807) is 0 Å². The van der Waals surface area contributed by atoms with E-state index in [4.69, 9.17) is 31.4 Å². The molecule has 12 rings (SSSR count). The van der Waals surface area contributed by atoms with Gasteiger partial charge in [0.15, 0.2) is 11.7 Å². The highest BCUT2D eigenvalue weighted by Gasteiger charge is 2.36. The van der Waals surface area contributed by atoms with Crippen LogP contribution < -0.4 is 11.0 Å². The van der Waals surface area contributed by atoms with Crippen molar-refractivity contribution in [3.8, 4) is 0 Å². The molecule has 6 nitrogen and oxygen atoms in total. The van der Waals surface area contributed by atoms with Crippen molar-refractivity contribution in [2.24, 2.45) is 20.0 Å². The Bertz CT molecular complexity index is 3200. The third kappa shape index (κ3) is 3.14. The minimum absolute atomic E-state index is 0.624. The number of halogens is 1. The second kappa shape index (κ2) is 8.65. The molecule has 4 bridgehead atoms. The summed E-state index contributed by atoms with van der Waals surface area (Å²) >= 11 is 7.60. The Kier molecular flexibility index (Phi) is 4.52. The van der Waals surface area contributed by atoms with E-state index in [1.807, 2.05) is 0 Å². The Morgan fingerprint density at radius 2 is 0.812 bits per heavy atom. The average molecular weight is 631 g/mol. The number of benzene rings is 7. The summed E-state index contributed by atoms with van der Waals surface area (Å²) in [6.07, 6.45) is -0.651. The van der Waals surface area contributed by atoms with Gasteiger partial charge in [0.25, 0.3) is 0 Å². The summed E-state index contributed by atoms with van der Waals surface area (Å²) in [7, 11) is 0. The number of nitrogens with zero attached hydrogens (tertiary/aromatic N) is 6. The number of rotatable bonds is 0. The van der Waals surface area contributed by atoms with Crippen molar-refractivity contribution in [1.29, 1.82) is 0 Å². The van der Waals surface area contributed by atoms with Crippen LogP contribution in [0.2, 0.25) is 0 Å². The number of aliphatic imine (C=N–C) groups is 2. The lowest BCUT2D eigenvalue weighted by Crippen LogP contribution is -2.44. The third-order valence-corrected chi connectivity index (χ3v) is 10.6. The van der Waals surface area contributed by atoms with Crippen molar-refractivity contribution >= 4 is 106 Å². The summed E-state index contributed by atoms with van der Waals surface area (Å²) in [5.41, 5.74) is 3.43. The van der Waals surface area contributed by atoms with E-state index >= 15 is 0 Å². The van der Waals surface area contributed by atoms with Crippen molar-refractivity contribution in [3.63, 3.8) is 0 Å². The Balaban J connectivity index is 1.29. The predicted octanol–water partition coefficient (Wildman–Crippen LogP) is 8.57. The smallest absolute Gasteiger partial charge is 0.319 e. The van der Waals surface area contributed by atoms with E-state index in [1.165, 1.54) is 10.8 Å². The van der Waals surface area contributed by atoms with Gasteiger partial charge >= 0.3 is 6.40 Å². The first-order valence-electron chi connectivity index (χ1n) is 16.0. The van der Waals surface area contributed by atoms with Crippen molar-refractivity contribution in [3.05, 3.63) is 143 Å². The van der Waals surface area contributed by atoms with Gasteiger partial charge in [-0.05, 0) is 91.6 Å².